The van der Waals surface area contributed by atoms with Crippen molar-refractivity contribution in [2.24, 2.45) is 0 Å². The minimum Gasteiger partial charge on any atom is -0.403 e. The summed E-state index contributed by atoms with van der Waals surface area (Å²) in [4.78, 5) is 54.6. The maximum atomic E-state index is 16.0. The summed E-state index contributed by atoms with van der Waals surface area (Å²) in [5.41, 5.74) is 7.49. The number of aliphatic hydroxyl groups excluding tert-OH is 8. The van der Waals surface area contributed by atoms with Gasteiger partial charge in [-0.2, -0.15) is 0 Å². The molecule has 12 heterocycles. The number of aliphatic hydroxyl groups is 8. The van der Waals surface area contributed by atoms with Crippen LogP contribution in [-0.2, 0) is 105 Å². The van der Waals surface area contributed by atoms with Gasteiger partial charge in [-0.25, -0.2) is 35.8 Å². The minimum atomic E-state index is -4.80. The lowest BCUT2D eigenvalue weighted by atomic mass is 10.1. The third-order valence-corrected chi connectivity index (χ3v) is 26.4. The van der Waals surface area contributed by atoms with Gasteiger partial charge >= 0.3 is 31.3 Å². The van der Waals surface area contributed by atoms with E-state index >= 15 is 17.6 Å². The first-order valence-electron chi connectivity index (χ1n) is 41.2. The highest BCUT2D eigenvalue weighted by molar-refractivity contribution is 7.71. The van der Waals surface area contributed by atoms with E-state index in [1.165, 1.54) is 33.9 Å². The highest BCUT2D eigenvalue weighted by atomic mass is 32.1. The maximum absolute atomic E-state index is 16.0. The zero-order valence-electron chi connectivity index (χ0n) is 75.3. The van der Waals surface area contributed by atoms with Gasteiger partial charge in [-0.3, -0.25) is 84.0 Å². The predicted octanol–water partition coefficient (Wildman–Crippen LogP) is 9.33. The van der Waals surface area contributed by atoms with Crippen LogP contribution < -0.4 is 40.1 Å². The Bertz CT molecular complexity index is 6570. The van der Waals surface area contributed by atoms with Crippen LogP contribution in [0.1, 0.15) is 117 Å². The first-order chi connectivity index (χ1) is 61.9. The van der Waals surface area contributed by atoms with Crippen LogP contribution >= 0.6 is 67.9 Å². The Kier molecular flexibility index (Phi) is 25.7. The van der Waals surface area contributed by atoms with E-state index < -0.39 is 177 Å². The molecule has 9 aliphatic rings. The molecule has 0 spiro atoms. The second-order valence-corrected chi connectivity index (χ2v) is 38.2. The molecule has 12 N–H and O–H groups in total. The number of ether oxygens (including phenoxy) is 4. The molecule has 40 nitrogen and oxygen atoms in total. The molecule has 0 aliphatic carbocycles. The number of hydrogen-bond donors (Lipinski definition) is 12. The number of hydrogen-bond acceptors (Lipinski definition) is 36. The van der Waals surface area contributed by atoms with Crippen LogP contribution in [0.4, 0.5) is 17.6 Å². The molecule has 0 saturated carbocycles. The van der Waals surface area contributed by atoms with E-state index in [9.17, 15) is 78.3 Å². The second kappa shape index (κ2) is 36.8. The summed E-state index contributed by atoms with van der Waals surface area (Å²) in [7, 11) is -18.1. The quantitative estimate of drug-likeness (QED) is 0.0243. The molecule has 4 saturated heterocycles. The fourth-order valence-corrected chi connectivity index (χ4v) is 19.7. The van der Waals surface area contributed by atoms with Gasteiger partial charge in [0.25, 0.3) is 46.0 Å². The van der Waals surface area contributed by atoms with E-state index in [2.05, 4.69) is 26.8 Å². The van der Waals surface area contributed by atoms with E-state index in [1.54, 1.807) is 64.1 Å². The van der Waals surface area contributed by atoms with Crippen molar-refractivity contribution in [3.63, 3.8) is 0 Å². The molecule has 0 bridgehead atoms. The van der Waals surface area contributed by atoms with Crippen LogP contribution in [0.2, 0.25) is 0 Å². The number of amides is 1. The van der Waals surface area contributed by atoms with Crippen molar-refractivity contribution in [2.45, 2.75) is 207 Å². The fraction of sp³-hybridized carbons (Fsp3) is 0.468. The van der Waals surface area contributed by atoms with Crippen LogP contribution in [0.5, 0.6) is 23.0 Å². The van der Waals surface area contributed by atoms with Crippen LogP contribution in [0.3, 0.4) is 0 Å². The number of rotatable bonds is 16. The van der Waals surface area contributed by atoms with E-state index in [-0.39, 0.29) is 86.1 Å². The van der Waals surface area contributed by atoms with E-state index in [0.717, 1.165) is 54.5 Å². The Morgan fingerprint density at radius 2 is 0.727 bits per heavy atom. The predicted molar refractivity (Wildman–Crippen MR) is 443 cm³/mol. The normalized spacial score (nSPS) is 34.6. The molecule has 7 aromatic rings. The molecule has 1 amide bonds. The summed E-state index contributed by atoms with van der Waals surface area (Å²) in [6.45, 7) is 13.0. The number of aryl methyl sites for hydroxylation is 11. The van der Waals surface area contributed by atoms with Crippen molar-refractivity contribution in [1.82, 2.24) is 38.9 Å². The molecule has 0 radical (unpaired) electrons. The van der Waals surface area contributed by atoms with Crippen LogP contribution in [0, 0.1) is 90.5 Å². The van der Waals surface area contributed by atoms with Gasteiger partial charge in [0.1, 0.15) is 104 Å². The van der Waals surface area contributed by atoms with Gasteiger partial charge in [0.05, 0.1) is 34.7 Å². The second-order valence-electron chi connectivity index (χ2n) is 30.9. The van der Waals surface area contributed by atoms with Crippen molar-refractivity contribution in [3.8, 4) is 23.0 Å². The number of carbonyl (C=O) groups is 1. The number of fused-ring (bicyclic) bond motifs is 4. The summed E-state index contributed by atoms with van der Waals surface area (Å²) in [5.74, 6) is -13.9. The Morgan fingerprint density at radius 3 is 1.10 bits per heavy atom. The summed E-state index contributed by atoms with van der Waals surface area (Å²) < 4.78 is 249. The lowest BCUT2D eigenvalue weighted by molar-refractivity contribution is -0.208. The SMILES string of the molecule is Cc1cc(C)c2c(c1)COP(=O)(OC[C@@]1(F)O[C@@H](n3cc(C)c(=O)[nH]c3=S)[C@H](O)[C@@H]1O)O2.[2H]C([2H])(OP1(=O)OCc2cc(C)cc(C)c2O1)[C@@]1(F)O[C@@H](n2cc(C)c(=O)[nH]c2=S)[C@H](O)[C@@H]1O.[2H]C([2H])(OP1(=O)OCc2cc(C)cc(C)c2O1)[C@@]1(F)O[C@@]([2H])(N2C=C(C)C(=O)NC2=C)[C@H](O)[C@@H]1O.[2H][C@@]1(n2cc(C)c(=O)[nH]c2=S)O[C@](F)(COP2(=O)OCc3cc(C)cc(C)c3O2)[C@@H](O)[C@H]1O. The Balaban J connectivity index is 0.000000152. The Labute approximate surface area is 748 Å². The van der Waals surface area contributed by atoms with Crippen molar-refractivity contribution in [1.29, 1.82) is 0 Å². The summed E-state index contributed by atoms with van der Waals surface area (Å²) in [6, 6.07) is 14.1. The number of benzene rings is 4. The van der Waals surface area contributed by atoms with Crippen molar-refractivity contribution in [3.05, 3.63) is 220 Å². The molecule has 4 fully saturated rings. The van der Waals surface area contributed by atoms with Crippen molar-refractivity contribution >= 4 is 73.9 Å². The van der Waals surface area contributed by atoms with Crippen LogP contribution in [-0.4, -0.2) is 185 Å². The van der Waals surface area contributed by atoms with E-state index in [4.69, 9.17) is 118 Å². The third kappa shape index (κ3) is 20.0. The highest BCUT2D eigenvalue weighted by Crippen LogP contribution is 2.61. The number of carbonyl (C=O) groups excluding carboxylic acids is 1. The standard InChI is InChI=1S/C20H24FN2O8P.3C19H22FN2O8PS/c1-10-5-11(2)16-14(6-10)8-28-32(27,31-16)29-9-20(21)17(25)15(24)19(30-20)23-7-12(3)18(26)22-13(23)4;3*1-9-4-10(2)14-12(5-9)7-27-31(26,30-14)28-8-19(20)15(24)13(23)17(29-19)22-6-11(3)16(25)21-18(22)32/h5-7,15,17,19,24-25H,4,8-9H2,1-3H3,(H,22,26);3*4-6,13,15,17,23-24H,7-8H2,1-3H3,(H,21,25,32)/t15-,17+,19-,20-,32?;3*13-,15+,17-,19-,31?/m1111/s1/i9D2,19D;17D;8D2;. The maximum Gasteiger partial charge on any atom is 0.530 e. The van der Waals surface area contributed by atoms with Crippen molar-refractivity contribution < 1.29 is 163 Å². The largest absolute Gasteiger partial charge is 0.530 e. The molecule has 9 aliphatic heterocycles. The Hall–Kier alpha value is -8.03. The first-order valence-corrected chi connectivity index (χ1v) is 45.3. The molecule has 51 heteroatoms. The highest BCUT2D eigenvalue weighted by Gasteiger charge is 2.62. The number of nitrogens with zero attached hydrogens (tertiary/aromatic N) is 4. The first kappa shape index (κ1) is 89.2. The van der Waals surface area contributed by atoms with Crippen LogP contribution in [0.25, 0.3) is 0 Å². The molecule has 696 valence electrons. The molecular weight excluding hydrogens is 1840 g/mol. The molecule has 4 unspecified atom stereocenters. The molecule has 20 atom stereocenters. The number of aromatic amines is 3. The fourth-order valence-electron chi connectivity index (χ4n) is 14.1. The average molecular weight is 1940 g/mol. The van der Waals surface area contributed by atoms with Gasteiger partial charge in [0, 0.05) is 69.3 Å². The summed E-state index contributed by atoms with van der Waals surface area (Å²) in [6.07, 6.45) is -22.2. The number of nitrogens with one attached hydrogen (secondary N) is 4. The number of halogens is 4. The topological polar surface area (TPSA) is 524 Å². The van der Waals surface area contributed by atoms with Crippen molar-refractivity contribution in [2.75, 3.05) is 26.3 Å². The number of aromatic nitrogens is 6. The van der Waals surface area contributed by atoms with Gasteiger partial charge in [0.15, 0.2) is 39.2 Å². The van der Waals surface area contributed by atoms with E-state index in [0.29, 0.717) is 55.2 Å². The molecule has 3 aromatic heterocycles. The molecule has 16 rings (SSSR count). The number of alkyl halides is 4. The lowest BCUT2D eigenvalue weighted by Gasteiger charge is -2.34. The average Bonchev–Trinajstić information content (AvgIpc) is 1.55. The third-order valence-electron chi connectivity index (χ3n) is 20.5. The van der Waals surface area contributed by atoms with Gasteiger partial charge < -0.3 is 88.1 Å². The zero-order valence-corrected chi connectivity index (χ0v) is 75.4. The van der Waals surface area contributed by atoms with Gasteiger partial charge in [-0.15, -0.1) is 0 Å². The molecular formula is C77H90F4N8O32P4S3. The zero-order chi connectivity index (χ0) is 99.1. The van der Waals surface area contributed by atoms with Gasteiger partial charge in [-0.1, -0.05) is 77.4 Å². The number of phosphoric ester groups is 4. The van der Waals surface area contributed by atoms with Gasteiger partial charge in [-0.05, 0) is 142 Å². The smallest absolute Gasteiger partial charge is 0.403 e. The molecule has 128 heavy (non-hydrogen) atoms. The van der Waals surface area contributed by atoms with Gasteiger partial charge in [0.2, 0.25) is 0 Å². The minimum absolute atomic E-state index is 0.0302. The summed E-state index contributed by atoms with van der Waals surface area (Å²) in [5, 5.41) is 85.5. The number of H-pyrrole nitrogens is 3. The monoisotopic (exact) mass is 1940 g/mol. The number of phosphoric acid groups is 4. The van der Waals surface area contributed by atoms with Crippen LogP contribution in [0.15, 0.2) is 106 Å². The summed E-state index contributed by atoms with van der Waals surface area (Å²) >= 11 is 15.0. The lowest BCUT2D eigenvalue weighted by Crippen LogP contribution is -2.47. The van der Waals surface area contributed by atoms with E-state index in [1.807, 2.05) is 39.8 Å². The Morgan fingerprint density at radius 1 is 0.438 bits per heavy atom. The molecule has 4 aromatic carbocycles.